The molecule has 2 heterocycles. The third-order valence-corrected chi connectivity index (χ3v) is 3.76. The van der Waals surface area contributed by atoms with E-state index in [0.717, 1.165) is 10.4 Å². The molecule has 7 heteroatoms. The van der Waals surface area contributed by atoms with E-state index in [4.69, 9.17) is 0 Å². The van der Waals surface area contributed by atoms with Crippen LogP contribution in [0, 0.1) is 6.92 Å². The quantitative estimate of drug-likeness (QED) is 0.868. The van der Waals surface area contributed by atoms with Crippen molar-refractivity contribution in [3.05, 3.63) is 39.8 Å². The average Bonchev–Trinajstić information content (AvgIpc) is 3.07. The molecule has 2 amide bonds. The number of hydrogen-bond acceptors (Lipinski definition) is 4. The van der Waals surface area contributed by atoms with Crippen molar-refractivity contribution < 1.29 is 9.59 Å². The fourth-order valence-corrected chi connectivity index (χ4v) is 2.44. The average molecular weight is 292 g/mol. The molecule has 0 radical (unpaired) electrons. The van der Waals surface area contributed by atoms with Crippen molar-refractivity contribution in [1.82, 2.24) is 20.4 Å². The first-order valence-electron chi connectivity index (χ1n) is 6.12. The number of aromatic amines is 1. The fourth-order valence-electron chi connectivity index (χ4n) is 1.66. The highest BCUT2D eigenvalue weighted by atomic mass is 32.1. The molecule has 2 rings (SSSR count). The first-order chi connectivity index (χ1) is 9.56. The molecule has 0 saturated carbocycles. The molecule has 20 heavy (non-hydrogen) atoms. The van der Waals surface area contributed by atoms with Gasteiger partial charge in [-0.2, -0.15) is 5.10 Å². The van der Waals surface area contributed by atoms with Crippen molar-refractivity contribution >= 4 is 23.2 Å². The van der Waals surface area contributed by atoms with Crippen LogP contribution in [0.25, 0.3) is 0 Å². The van der Waals surface area contributed by atoms with Crippen LogP contribution in [-0.2, 0) is 11.3 Å². The predicted octanol–water partition coefficient (Wildman–Crippen LogP) is 1.17. The summed E-state index contributed by atoms with van der Waals surface area (Å²) in [6.07, 6.45) is 3.40. The number of aromatic nitrogens is 2. The van der Waals surface area contributed by atoms with Crippen LogP contribution in [0.3, 0.4) is 0 Å². The van der Waals surface area contributed by atoms with Gasteiger partial charge in [-0.15, -0.1) is 11.3 Å². The Labute approximate surface area is 120 Å². The Morgan fingerprint density at radius 3 is 2.85 bits per heavy atom. The van der Waals surface area contributed by atoms with Crippen LogP contribution in [0.1, 0.15) is 20.1 Å². The minimum Gasteiger partial charge on any atom is -0.342 e. The Morgan fingerprint density at radius 2 is 2.25 bits per heavy atom. The predicted molar refractivity (Wildman–Crippen MR) is 76.5 cm³/mol. The van der Waals surface area contributed by atoms with Crippen molar-refractivity contribution in [1.29, 1.82) is 0 Å². The summed E-state index contributed by atoms with van der Waals surface area (Å²) in [6, 6.07) is 3.64. The van der Waals surface area contributed by atoms with E-state index in [0.29, 0.717) is 11.4 Å². The van der Waals surface area contributed by atoms with E-state index < -0.39 is 0 Å². The summed E-state index contributed by atoms with van der Waals surface area (Å²) in [4.78, 5) is 26.9. The van der Waals surface area contributed by atoms with E-state index in [1.165, 1.54) is 11.3 Å². The Balaban J connectivity index is 1.81. The molecule has 106 valence electrons. The van der Waals surface area contributed by atoms with Gasteiger partial charge >= 0.3 is 0 Å². The first kappa shape index (κ1) is 14.3. The third kappa shape index (κ3) is 3.67. The lowest BCUT2D eigenvalue weighted by molar-refractivity contribution is -0.129. The second-order valence-electron chi connectivity index (χ2n) is 4.45. The molecule has 0 aromatic carbocycles. The Kier molecular flexibility index (Phi) is 4.52. The summed E-state index contributed by atoms with van der Waals surface area (Å²) in [5.74, 6) is -0.360. The number of carbonyl (C=O) groups excluding carboxylic acids is 2. The molecule has 2 aromatic heterocycles. The summed E-state index contributed by atoms with van der Waals surface area (Å²) in [6.45, 7) is 2.39. The maximum absolute atomic E-state index is 11.9. The largest absolute Gasteiger partial charge is 0.342 e. The van der Waals surface area contributed by atoms with Gasteiger partial charge in [0.05, 0.1) is 17.6 Å². The van der Waals surface area contributed by atoms with Crippen LogP contribution in [0.15, 0.2) is 24.5 Å². The number of hydrogen-bond donors (Lipinski definition) is 2. The summed E-state index contributed by atoms with van der Waals surface area (Å²) in [7, 11) is 1.69. The number of rotatable bonds is 5. The molecule has 0 atom stereocenters. The van der Waals surface area contributed by atoms with Gasteiger partial charge in [-0.3, -0.25) is 14.7 Å². The maximum Gasteiger partial charge on any atom is 0.261 e. The molecule has 0 unspecified atom stereocenters. The van der Waals surface area contributed by atoms with Gasteiger partial charge in [0.15, 0.2) is 0 Å². The highest BCUT2D eigenvalue weighted by molar-refractivity contribution is 7.13. The van der Waals surface area contributed by atoms with Crippen molar-refractivity contribution in [2.75, 3.05) is 13.6 Å². The van der Waals surface area contributed by atoms with E-state index in [1.54, 1.807) is 30.4 Å². The number of thiophene rings is 1. The van der Waals surface area contributed by atoms with Crippen molar-refractivity contribution in [3.63, 3.8) is 0 Å². The minimum absolute atomic E-state index is 0.00979. The molecule has 0 aliphatic rings. The van der Waals surface area contributed by atoms with E-state index in [1.807, 2.05) is 13.0 Å². The van der Waals surface area contributed by atoms with Crippen molar-refractivity contribution in [2.24, 2.45) is 0 Å². The molecule has 0 aliphatic carbocycles. The molecule has 0 aliphatic heterocycles. The summed E-state index contributed by atoms with van der Waals surface area (Å²) in [5.41, 5.74) is 0.918. The highest BCUT2D eigenvalue weighted by Gasteiger charge is 2.13. The lowest BCUT2D eigenvalue weighted by atomic mass is 10.3. The summed E-state index contributed by atoms with van der Waals surface area (Å²) in [5, 5.41) is 9.14. The van der Waals surface area contributed by atoms with Gasteiger partial charge in [-0.25, -0.2) is 0 Å². The molecule has 2 aromatic rings. The van der Waals surface area contributed by atoms with Gasteiger partial charge in [0, 0.05) is 30.2 Å². The summed E-state index contributed by atoms with van der Waals surface area (Å²) >= 11 is 1.41. The van der Waals surface area contributed by atoms with Gasteiger partial charge in [0.25, 0.3) is 5.91 Å². The molecule has 0 bridgehead atoms. The number of H-pyrrole nitrogens is 1. The zero-order chi connectivity index (χ0) is 14.5. The maximum atomic E-state index is 11.9. The number of amides is 2. The Bertz CT molecular complexity index is 591. The molecular formula is C13H16N4O2S. The molecule has 2 N–H and O–H groups in total. The molecule has 0 saturated heterocycles. The normalized spacial score (nSPS) is 10.3. The lowest BCUT2D eigenvalue weighted by Gasteiger charge is -2.16. The van der Waals surface area contributed by atoms with Crippen LogP contribution in [0.5, 0.6) is 0 Å². The van der Waals surface area contributed by atoms with Gasteiger partial charge in [-0.1, -0.05) is 0 Å². The molecule has 6 nitrogen and oxygen atoms in total. The first-order valence-corrected chi connectivity index (χ1v) is 6.94. The molecular weight excluding hydrogens is 276 g/mol. The van der Waals surface area contributed by atoms with Crippen LogP contribution < -0.4 is 5.32 Å². The number of aryl methyl sites for hydroxylation is 1. The standard InChI is InChI=1S/C13H16N4O2S/c1-9-3-4-11(20-9)13(19)14-7-12(18)17(2)8-10-5-15-16-6-10/h3-6H,7-8H2,1-2H3,(H,14,19)(H,15,16). The van der Waals surface area contributed by atoms with Crippen molar-refractivity contribution in [2.45, 2.75) is 13.5 Å². The summed E-state index contributed by atoms with van der Waals surface area (Å²) < 4.78 is 0. The molecule has 0 fully saturated rings. The Hall–Kier alpha value is -2.15. The van der Waals surface area contributed by atoms with Gasteiger partial charge in [0.2, 0.25) is 5.91 Å². The van der Waals surface area contributed by atoms with Crippen LogP contribution in [-0.4, -0.2) is 40.5 Å². The van der Waals surface area contributed by atoms with Crippen LogP contribution >= 0.6 is 11.3 Å². The number of likely N-dealkylation sites (N-methyl/N-ethyl adjacent to an activating group) is 1. The van der Waals surface area contributed by atoms with Gasteiger partial charge in [-0.05, 0) is 19.1 Å². The van der Waals surface area contributed by atoms with E-state index in [-0.39, 0.29) is 18.4 Å². The number of nitrogens with zero attached hydrogens (tertiary/aromatic N) is 2. The van der Waals surface area contributed by atoms with Gasteiger partial charge in [0.1, 0.15) is 0 Å². The second kappa shape index (κ2) is 6.33. The zero-order valence-electron chi connectivity index (χ0n) is 11.3. The smallest absolute Gasteiger partial charge is 0.261 e. The zero-order valence-corrected chi connectivity index (χ0v) is 12.2. The van der Waals surface area contributed by atoms with Crippen LogP contribution in [0.4, 0.5) is 0 Å². The Morgan fingerprint density at radius 1 is 1.45 bits per heavy atom. The number of nitrogens with one attached hydrogen (secondary N) is 2. The second-order valence-corrected chi connectivity index (χ2v) is 5.74. The lowest BCUT2D eigenvalue weighted by Crippen LogP contribution is -2.37. The topological polar surface area (TPSA) is 78.1 Å². The van der Waals surface area contributed by atoms with E-state index in [2.05, 4.69) is 15.5 Å². The number of carbonyl (C=O) groups is 2. The van der Waals surface area contributed by atoms with Crippen molar-refractivity contribution in [3.8, 4) is 0 Å². The fraction of sp³-hybridized carbons (Fsp3) is 0.308. The SMILES string of the molecule is Cc1ccc(C(=O)NCC(=O)N(C)Cc2cn[nH]c2)s1. The third-order valence-electron chi connectivity index (χ3n) is 2.76. The van der Waals surface area contributed by atoms with Crippen LogP contribution in [0.2, 0.25) is 0 Å². The monoisotopic (exact) mass is 292 g/mol. The highest BCUT2D eigenvalue weighted by Crippen LogP contribution is 2.14. The molecule has 0 spiro atoms. The minimum atomic E-state index is -0.215. The van der Waals surface area contributed by atoms with E-state index >= 15 is 0 Å². The van der Waals surface area contributed by atoms with E-state index in [9.17, 15) is 9.59 Å². The van der Waals surface area contributed by atoms with Gasteiger partial charge < -0.3 is 10.2 Å².